The summed E-state index contributed by atoms with van der Waals surface area (Å²) in [6.45, 7) is 1.96. The number of nitrogens with two attached hydrogens (primary N) is 1. The topological polar surface area (TPSA) is 72.2 Å². The monoisotopic (exact) mass is 376 g/mol. The maximum Gasteiger partial charge on any atom is 0.242 e. The van der Waals surface area contributed by atoms with Crippen LogP contribution in [-0.2, 0) is 10.0 Å². The van der Waals surface area contributed by atoms with Gasteiger partial charge in [0.2, 0.25) is 10.0 Å². The molecule has 1 heterocycles. The zero-order valence-corrected chi connectivity index (χ0v) is 12.6. The number of thiophene rings is 1. The number of sulfonamides is 1. The average molecular weight is 378 g/mol. The summed E-state index contributed by atoms with van der Waals surface area (Å²) >= 11 is 7.74. The molecule has 86 valence electrons. The molecule has 1 unspecified atom stereocenters. The summed E-state index contributed by atoms with van der Waals surface area (Å²) in [5.41, 5.74) is 5.48. The summed E-state index contributed by atoms with van der Waals surface area (Å²) in [6.07, 6.45) is 0. The Labute approximate surface area is 110 Å². The first kappa shape index (κ1) is 13.6. The number of hydrogen-bond acceptors (Lipinski definition) is 4. The van der Waals surface area contributed by atoms with Gasteiger partial charge in [-0.05, 0) is 44.8 Å². The SMILES string of the molecule is CC(N)CNS(=O)(=O)c1cc(Br)sc1Br. The van der Waals surface area contributed by atoms with Crippen LogP contribution in [0.3, 0.4) is 0 Å². The Morgan fingerprint density at radius 2 is 2.20 bits per heavy atom. The minimum absolute atomic E-state index is 0.208. The first-order chi connectivity index (χ1) is 6.83. The van der Waals surface area contributed by atoms with Crippen LogP contribution in [-0.4, -0.2) is 21.0 Å². The predicted molar refractivity (Wildman–Crippen MR) is 68.6 cm³/mol. The van der Waals surface area contributed by atoms with Crippen molar-refractivity contribution in [3.63, 3.8) is 0 Å². The van der Waals surface area contributed by atoms with Gasteiger partial charge in [-0.2, -0.15) is 0 Å². The van der Waals surface area contributed by atoms with Crippen molar-refractivity contribution in [1.29, 1.82) is 0 Å². The van der Waals surface area contributed by atoms with Crippen LogP contribution in [0.25, 0.3) is 0 Å². The van der Waals surface area contributed by atoms with Crippen LogP contribution in [0.4, 0.5) is 0 Å². The molecule has 4 nitrogen and oxygen atoms in total. The Hall–Kier alpha value is 0.530. The van der Waals surface area contributed by atoms with Crippen molar-refractivity contribution in [2.24, 2.45) is 5.73 Å². The molecule has 3 N–H and O–H groups in total. The largest absolute Gasteiger partial charge is 0.327 e. The summed E-state index contributed by atoms with van der Waals surface area (Å²) in [7, 11) is -3.46. The normalized spacial score (nSPS) is 14.1. The summed E-state index contributed by atoms with van der Waals surface area (Å²) in [5.74, 6) is 0. The van der Waals surface area contributed by atoms with E-state index in [0.29, 0.717) is 3.79 Å². The lowest BCUT2D eigenvalue weighted by molar-refractivity contribution is 0.574. The van der Waals surface area contributed by atoms with Crippen molar-refractivity contribution >= 4 is 53.2 Å². The van der Waals surface area contributed by atoms with Crippen molar-refractivity contribution in [3.05, 3.63) is 13.6 Å². The van der Waals surface area contributed by atoms with E-state index in [0.717, 1.165) is 3.79 Å². The molecule has 0 amide bonds. The molecule has 1 rings (SSSR count). The molecular weight excluding hydrogens is 368 g/mol. The third kappa shape index (κ3) is 3.79. The van der Waals surface area contributed by atoms with E-state index in [4.69, 9.17) is 5.73 Å². The smallest absolute Gasteiger partial charge is 0.242 e. The lowest BCUT2D eigenvalue weighted by atomic mass is 10.4. The van der Waals surface area contributed by atoms with Gasteiger partial charge in [-0.25, -0.2) is 13.1 Å². The van der Waals surface area contributed by atoms with Gasteiger partial charge in [0, 0.05) is 12.6 Å². The van der Waals surface area contributed by atoms with E-state index in [1.54, 1.807) is 13.0 Å². The van der Waals surface area contributed by atoms with Crippen molar-refractivity contribution in [1.82, 2.24) is 4.72 Å². The van der Waals surface area contributed by atoms with Crippen molar-refractivity contribution < 1.29 is 8.42 Å². The maximum absolute atomic E-state index is 11.8. The molecular formula is C7H10Br2N2O2S2. The van der Waals surface area contributed by atoms with Gasteiger partial charge < -0.3 is 5.73 Å². The standard InChI is InChI=1S/C7H10Br2N2O2S2/c1-4(10)3-11-15(12,13)5-2-6(8)14-7(5)9/h2,4,11H,3,10H2,1H3. The van der Waals surface area contributed by atoms with Gasteiger partial charge in [0.05, 0.1) is 7.57 Å². The Balaban J connectivity index is 2.91. The van der Waals surface area contributed by atoms with Gasteiger partial charge >= 0.3 is 0 Å². The van der Waals surface area contributed by atoms with Gasteiger partial charge in [-0.1, -0.05) is 0 Å². The molecule has 0 spiro atoms. The molecule has 15 heavy (non-hydrogen) atoms. The minimum Gasteiger partial charge on any atom is -0.327 e. The van der Waals surface area contributed by atoms with Crippen molar-refractivity contribution in [3.8, 4) is 0 Å². The van der Waals surface area contributed by atoms with Crippen LogP contribution in [0, 0.1) is 0 Å². The highest BCUT2D eigenvalue weighted by Gasteiger charge is 2.20. The third-order valence-corrected chi connectivity index (χ3v) is 5.69. The third-order valence-electron chi connectivity index (χ3n) is 1.51. The molecule has 0 saturated carbocycles. The van der Waals surface area contributed by atoms with Crippen LogP contribution < -0.4 is 10.5 Å². The Morgan fingerprint density at radius 3 is 2.60 bits per heavy atom. The summed E-state index contributed by atoms with van der Waals surface area (Å²) in [4.78, 5) is 0.236. The molecule has 8 heteroatoms. The van der Waals surface area contributed by atoms with Crippen LogP contribution >= 0.6 is 43.2 Å². The molecule has 0 radical (unpaired) electrons. The van der Waals surface area contributed by atoms with Gasteiger partial charge in [-0.15, -0.1) is 11.3 Å². The van der Waals surface area contributed by atoms with Gasteiger partial charge in [-0.3, -0.25) is 0 Å². The molecule has 0 saturated heterocycles. The highest BCUT2D eigenvalue weighted by atomic mass is 79.9. The minimum atomic E-state index is -3.46. The zero-order chi connectivity index (χ0) is 11.6. The second-order valence-electron chi connectivity index (χ2n) is 3.02. The van der Waals surface area contributed by atoms with E-state index in [1.165, 1.54) is 11.3 Å². The highest BCUT2D eigenvalue weighted by molar-refractivity contribution is 9.12. The Morgan fingerprint density at radius 1 is 1.60 bits per heavy atom. The maximum atomic E-state index is 11.8. The first-order valence-corrected chi connectivity index (χ1v) is 7.91. The van der Waals surface area contributed by atoms with Crippen LogP contribution in [0.15, 0.2) is 18.5 Å². The fraction of sp³-hybridized carbons (Fsp3) is 0.429. The van der Waals surface area contributed by atoms with Crippen molar-refractivity contribution in [2.45, 2.75) is 17.9 Å². The van der Waals surface area contributed by atoms with Crippen LogP contribution in [0.1, 0.15) is 6.92 Å². The van der Waals surface area contributed by atoms with E-state index in [1.807, 2.05) is 0 Å². The molecule has 0 bridgehead atoms. The summed E-state index contributed by atoms with van der Waals surface area (Å²) in [5, 5.41) is 0. The van der Waals surface area contributed by atoms with E-state index in [-0.39, 0.29) is 17.5 Å². The fourth-order valence-corrected chi connectivity index (χ4v) is 5.78. The highest BCUT2D eigenvalue weighted by Crippen LogP contribution is 2.34. The number of nitrogens with one attached hydrogen (secondary N) is 1. The zero-order valence-electron chi connectivity index (χ0n) is 7.83. The van der Waals surface area contributed by atoms with E-state index in [2.05, 4.69) is 36.6 Å². The average Bonchev–Trinajstić information content (AvgIpc) is 2.43. The van der Waals surface area contributed by atoms with Gasteiger partial charge in [0.25, 0.3) is 0 Å². The van der Waals surface area contributed by atoms with Crippen LogP contribution in [0.2, 0.25) is 0 Å². The summed E-state index contributed by atoms with van der Waals surface area (Å²) in [6, 6.07) is 1.35. The summed E-state index contributed by atoms with van der Waals surface area (Å²) < 4.78 is 27.3. The number of hydrogen-bond donors (Lipinski definition) is 2. The van der Waals surface area contributed by atoms with Crippen LogP contribution in [0.5, 0.6) is 0 Å². The molecule has 0 aliphatic heterocycles. The second kappa shape index (κ2) is 5.24. The molecule has 0 aliphatic carbocycles. The fourth-order valence-electron chi connectivity index (χ4n) is 0.827. The van der Waals surface area contributed by atoms with Crippen molar-refractivity contribution in [2.75, 3.05) is 6.54 Å². The predicted octanol–water partition coefficient (Wildman–Crippen LogP) is 1.90. The molecule has 1 aromatic heterocycles. The molecule has 1 aromatic rings. The molecule has 0 aromatic carbocycles. The molecule has 0 aliphatic rings. The van der Waals surface area contributed by atoms with E-state index in [9.17, 15) is 8.42 Å². The van der Waals surface area contributed by atoms with E-state index >= 15 is 0 Å². The van der Waals surface area contributed by atoms with Gasteiger partial charge in [0.15, 0.2) is 0 Å². The first-order valence-electron chi connectivity index (χ1n) is 4.03. The quantitative estimate of drug-likeness (QED) is 0.841. The number of rotatable bonds is 4. The van der Waals surface area contributed by atoms with Gasteiger partial charge in [0.1, 0.15) is 4.90 Å². The van der Waals surface area contributed by atoms with E-state index < -0.39 is 10.0 Å². The Kier molecular flexibility index (Phi) is 4.75. The lowest BCUT2D eigenvalue weighted by Gasteiger charge is -2.07. The Bertz CT molecular complexity index is 442. The lowest BCUT2D eigenvalue weighted by Crippen LogP contribution is -2.35. The second-order valence-corrected chi connectivity index (χ2v) is 8.50. The number of halogens is 2. The molecule has 1 atom stereocenters. The molecule has 0 fully saturated rings.